The van der Waals surface area contributed by atoms with E-state index < -0.39 is 10.0 Å². The second-order valence-electron chi connectivity index (χ2n) is 7.62. The lowest BCUT2D eigenvalue weighted by Crippen LogP contribution is -2.33. The van der Waals surface area contributed by atoms with Gasteiger partial charge in [0.2, 0.25) is 10.0 Å². The van der Waals surface area contributed by atoms with Crippen molar-refractivity contribution in [1.29, 1.82) is 0 Å². The number of benzene rings is 2. The van der Waals surface area contributed by atoms with Crippen molar-refractivity contribution in [2.45, 2.75) is 31.0 Å². The largest absolute Gasteiger partial charge is 0.489 e. The third kappa shape index (κ3) is 5.70. The average Bonchev–Trinajstić information content (AvgIpc) is 3.44. The Labute approximate surface area is 196 Å². The van der Waals surface area contributed by atoms with E-state index in [9.17, 15) is 8.42 Å². The smallest absolute Gasteiger partial charge is 0.242 e. The Morgan fingerprint density at radius 2 is 1.91 bits per heavy atom. The van der Waals surface area contributed by atoms with E-state index in [4.69, 9.17) is 4.74 Å². The molecule has 0 amide bonds. The van der Waals surface area contributed by atoms with Crippen LogP contribution < -0.4 is 9.46 Å². The van der Waals surface area contributed by atoms with Gasteiger partial charge in [0.25, 0.3) is 0 Å². The highest BCUT2D eigenvalue weighted by molar-refractivity contribution is 7.89. The Balaban J connectivity index is 1.34. The number of nitrogens with zero attached hydrogens (tertiary/aromatic N) is 3. The number of fused-ring (bicyclic) bond motifs is 1. The third-order valence-corrected chi connectivity index (χ3v) is 7.55. The highest BCUT2D eigenvalue weighted by atomic mass is 32.2. The van der Waals surface area contributed by atoms with Gasteiger partial charge < -0.3 is 4.74 Å². The second kappa shape index (κ2) is 10.1. The zero-order chi connectivity index (χ0) is 22.6. The maximum Gasteiger partial charge on any atom is 0.242 e. The molecule has 0 aliphatic carbocycles. The first-order valence-electron chi connectivity index (χ1n) is 10.1. The summed E-state index contributed by atoms with van der Waals surface area (Å²) >= 11 is 2.70. The van der Waals surface area contributed by atoms with E-state index in [0.29, 0.717) is 16.8 Å². The highest BCUT2D eigenvalue weighted by Crippen LogP contribution is 2.21. The van der Waals surface area contributed by atoms with E-state index >= 15 is 0 Å². The zero-order valence-corrected chi connectivity index (χ0v) is 20.2. The van der Waals surface area contributed by atoms with E-state index in [-0.39, 0.29) is 17.5 Å². The monoisotopic (exact) mass is 488 g/mol. The number of aromatic nitrogens is 2. The predicted molar refractivity (Wildman–Crippen MR) is 129 cm³/mol. The van der Waals surface area contributed by atoms with Crippen LogP contribution in [0.5, 0.6) is 5.75 Å². The molecule has 2 heterocycles. The molecule has 0 fully saturated rings. The summed E-state index contributed by atoms with van der Waals surface area (Å²) < 4.78 is 42.4. The molecule has 4 rings (SSSR count). The highest BCUT2D eigenvalue weighted by Gasteiger charge is 2.20. The fraction of sp³-hybridized carbons (Fsp3) is 0.273. The van der Waals surface area contributed by atoms with Gasteiger partial charge in [-0.05, 0) is 66.2 Å². The molecule has 1 N–H and O–H groups in total. The number of sulfonamides is 1. The topological polar surface area (TPSA) is 84.4 Å². The van der Waals surface area contributed by atoms with Crippen LogP contribution in [0.15, 0.2) is 64.2 Å². The number of rotatable bonds is 10. The third-order valence-electron chi connectivity index (χ3n) is 4.82. The fourth-order valence-electron chi connectivity index (χ4n) is 3.36. The lowest BCUT2D eigenvalue weighted by atomic mass is 10.2. The van der Waals surface area contributed by atoms with Crippen molar-refractivity contribution < 1.29 is 13.2 Å². The van der Waals surface area contributed by atoms with Gasteiger partial charge in [0.05, 0.1) is 11.7 Å². The van der Waals surface area contributed by atoms with Crippen LogP contribution in [0.25, 0.3) is 11.0 Å². The van der Waals surface area contributed by atoms with Crippen LogP contribution in [-0.2, 0) is 23.1 Å². The summed E-state index contributed by atoms with van der Waals surface area (Å²) in [7, 11) is -1.64. The summed E-state index contributed by atoms with van der Waals surface area (Å²) in [6, 6.07) is 15.0. The lowest BCUT2D eigenvalue weighted by Gasteiger charge is -2.18. The van der Waals surface area contributed by atoms with Crippen molar-refractivity contribution in [3.63, 3.8) is 0 Å². The minimum absolute atomic E-state index is 0.131. The minimum atomic E-state index is -3.72. The van der Waals surface area contributed by atoms with Gasteiger partial charge >= 0.3 is 0 Å². The Hall–Kier alpha value is -2.37. The van der Waals surface area contributed by atoms with Crippen LogP contribution in [0, 0.1) is 0 Å². The maximum absolute atomic E-state index is 12.8. The zero-order valence-electron chi connectivity index (χ0n) is 17.8. The van der Waals surface area contributed by atoms with Crippen LogP contribution >= 0.6 is 23.1 Å². The molecule has 0 spiro atoms. The number of hydrogen-bond donors (Lipinski definition) is 1. The molecule has 2 aromatic heterocycles. The Bertz CT molecular complexity index is 1270. The molecule has 7 nitrogen and oxygen atoms in total. The van der Waals surface area contributed by atoms with E-state index in [1.54, 1.807) is 23.5 Å². The van der Waals surface area contributed by atoms with Crippen LogP contribution in [0.1, 0.15) is 18.1 Å². The first kappa shape index (κ1) is 22.8. The summed E-state index contributed by atoms with van der Waals surface area (Å²) in [6.07, 6.45) is -0.351. The van der Waals surface area contributed by atoms with Gasteiger partial charge in [0.1, 0.15) is 27.8 Å². The van der Waals surface area contributed by atoms with E-state index in [1.807, 2.05) is 25.1 Å². The molecule has 0 radical (unpaired) electrons. The molecule has 0 aliphatic rings. The first-order chi connectivity index (χ1) is 15.4. The van der Waals surface area contributed by atoms with Crippen molar-refractivity contribution in [3.05, 3.63) is 70.4 Å². The van der Waals surface area contributed by atoms with E-state index in [0.717, 1.165) is 30.4 Å². The fourth-order valence-corrected chi connectivity index (χ4v) is 5.90. The Kier molecular flexibility index (Phi) is 7.17. The summed E-state index contributed by atoms with van der Waals surface area (Å²) in [5.74, 6) is 0.712. The summed E-state index contributed by atoms with van der Waals surface area (Å²) in [5, 5.41) is 4.24. The molecular weight excluding hydrogens is 464 g/mol. The maximum atomic E-state index is 12.8. The lowest BCUT2D eigenvalue weighted by molar-refractivity contribution is 0.224. The number of nitrogens with one attached hydrogen (secondary N) is 1. The van der Waals surface area contributed by atoms with Crippen molar-refractivity contribution in [2.24, 2.45) is 0 Å². The van der Waals surface area contributed by atoms with E-state index in [2.05, 4.69) is 48.3 Å². The Morgan fingerprint density at radius 1 is 1.09 bits per heavy atom. The summed E-state index contributed by atoms with van der Waals surface area (Å²) in [4.78, 5) is 2.37. The van der Waals surface area contributed by atoms with Gasteiger partial charge in [-0.15, -0.1) is 0 Å². The van der Waals surface area contributed by atoms with Gasteiger partial charge in [0, 0.05) is 19.6 Å². The molecule has 1 unspecified atom stereocenters. The second-order valence-corrected chi connectivity index (χ2v) is 10.7. The molecule has 32 heavy (non-hydrogen) atoms. The summed E-state index contributed by atoms with van der Waals surface area (Å²) in [6.45, 7) is 3.65. The van der Waals surface area contributed by atoms with Crippen LogP contribution in [0.4, 0.5) is 0 Å². The summed E-state index contributed by atoms with van der Waals surface area (Å²) in [5.41, 5.74) is 3.39. The van der Waals surface area contributed by atoms with Gasteiger partial charge in [-0.25, -0.2) is 13.1 Å². The molecule has 1 atom stereocenters. The number of thiophene rings is 1. The molecular formula is C22H24N4O3S3. The van der Waals surface area contributed by atoms with Crippen LogP contribution in [0.2, 0.25) is 0 Å². The molecule has 168 valence electrons. The molecule has 0 aliphatic heterocycles. The van der Waals surface area contributed by atoms with Gasteiger partial charge in [-0.1, -0.05) is 18.2 Å². The number of ether oxygens (including phenoxy) is 1. The van der Waals surface area contributed by atoms with Crippen molar-refractivity contribution in [1.82, 2.24) is 18.4 Å². The molecule has 4 aromatic rings. The molecule has 2 aromatic carbocycles. The normalized spacial score (nSPS) is 13.0. The quantitative estimate of drug-likeness (QED) is 0.361. The molecule has 0 saturated carbocycles. The van der Waals surface area contributed by atoms with Crippen molar-refractivity contribution >= 4 is 44.1 Å². The predicted octanol–water partition coefficient (Wildman–Crippen LogP) is 4.13. The van der Waals surface area contributed by atoms with Crippen LogP contribution in [-0.4, -0.2) is 41.8 Å². The SMILES string of the molecule is CC(CNS(=O)(=O)c1cccc2nsnc12)Oc1cccc(CN(C)Cc2ccsc2)c1. The molecule has 0 saturated heterocycles. The van der Waals surface area contributed by atoms with Gasteiger partial charge in [-0.2, -0.15) is 20.1 Å². The van der Waals surface area contributed by atoms with E-state index in [1.165, 1.54) is 11.6 Å². The minimum Gasteiger partial charge on any atom is -0.489 e. The standard InChI is InChI=1S/C22H24N4O3S3/c1-16(12-23-32(27,28)21-8-4-7-20-22(21)25-31-24-20)29-19-6-3-5-17(11-19)13-26(2)14-18-9-10-30-15-18/h3-11,15-16,23H,12-14H2,1-2H3. The number of hydrogen-bond acceptors (Lipinski definition) is 8. The van der Waals surface area contributed by atoms with Crippen molar-refractivity contribution in [3.8, 4) is 5.75 Å². The van der Waals surface area contributed by atoms with Crippen molar-refractivity contribution in [2.75, 3.05) is 13.6 Å². The van der Waals surface area contributed by atoms with Crippen LogP contribution in [0.3, 0.4) is 0 Å². The molecule has 10 heteroatoms. The average molecular weight is 489 g/mol. The molecule has 0 bridgehead atoms. The van der Waals surface area contributed by atoms with Gasteiger partial charge in [-0.3, -0.25) is 4.90 Å². The first-order valence-corrected chi connectivity index (χ1v) is 13.2. The van der Waals surface area contributed by atoms with Gasteiger partial charge in [0.15, 0.2) is 0 Å². The Morgan fingerprint density at radius 3 is 2.72 bits per heavy atom.